The molecular weight excluding hydrogens is 336 g/mol. The third-order valence-electron chi connectivity index (χ3n) is 4.21. The lowest BCUT2D eigenvalue weighted by Gasteiger charge is -2.31. The molecule has 2 rings (SSSR count). The Hall–Kier alpha value is -2.42. The van der Waals surface area contributed by atoms with Crippen molar-refractivity contribution < 1.29 is 27.9 Å². The molecule has 0 fully saturated rings. The summed E-state index contributed by atoms with van der Waals surface area (Å²) in [5.41, 5.74) is -1.46. The van der Waals surface area contributed by atoms with Crippen molar-refractivity contribution in [3.63, 3.8) is 0 Å². The molecule has 1 aliphatic rings. The van der Waals surface area contributed by atoms with Gasteiger partial charge < -0.3 is 10.0 Å². The highest BCUT2D eigenvalue weighted by molar-refractivity contribution is 7.90. The Morgan fingerprint density at radius 3 is 2.38 bits per heavy atom. The summed E-state index contributed by atoms with van der Waals surface area (Å²) in [7, 11) is -2.66. The van der Waals surface area contributed by atoms with Gasteiger partial charge >= 0.3 is 5.97 Å². The molecule has 1 aromatic rings. The van der Waals surface area contributed by atoms with Crippen LogP contribution in [0.2, 0.25) is 0 Å². The second-order valence-electron chi connectivity index (χ2n) is 5.91. The topological polar surface area (TPSA) is 112 Å². The summed E-state index contributed by atoms with van der Waals surface area (Å²) >= 11 is 0. The fraction of sp³-hybridized carbons (Fsp3) is 0.400. The molecule has 0 saturated carbocycles. The molecule has 0 aliphatic carbocycles. The van der Waals surface area contributed by atoms with Crippen LogP contribution in [-0.4, -0.2) is 59.6 Å². The number of likely N-dealkylation sites (N-methyl/N-ethyl adjacent to an activating group) is 1. The highest BCUT2D eigenvalue weighted by Crippen LogP contribution is 2.31. The monoisotopic (exact) mass is 354 g/mol. The molecule has 0 aromatic heterocycles. The molecule has 0 radical (unpaired) electrons. The quantitative estimate of drug-likeness (QED) is 0.855. The number of amides is 2. The van der Waals surface area contributed by atoms with Crippen LogP contribution in [0, 0.1) is 0 Å². The van der Waals surface area contributed by atoms with Crippen LogP contribution in [0.25, 0.3) is 0 Å². The second-order valence-corrected chi connectivity index (χ2v) is 7.74. The number of hydrogen-bond acceptors (Lipinski definition) is 5. The predicted octanol–water partition coefficient (Wildman–Crippen LogP) is 0.786. The van der Waals surface area contributed by atoms with E-state index >= 15 is 0 Å². The smallest absolute Gasteiger partial charge is 0.329 e. The van der Waals surface area contributed by atoms with Gasteiger partial charge in [0.2, 0.25) is 0 Å². The number of carboxylic acids is 1. The first kappa shape index (κ1) is 17.9. The minimum Gasteiger partial charge on any atom is -0.480 e. The van der Waals surface area contributed by atoms with Crippen molar-refractivity contribution in [2.45, 2.75) is 31.2 Å². The van der Waals surface area contributed by atoms with Gasteiger partial charge in [-0.05, 0) is 39.0 Å². The summed E-state index contributed by atoms with van der Waals surface area (Å²) in [6.07, 6.45) is 0. The Kier molecular flexibility index (Phi) is 4.17. The number of carboxylic acid groups (broad SMARTS) is 1. The van der Waals surface area contributed by atoms with Crippen molar-refractivity contribution in [3.05, 3.63) is 29.3 Å². The first-order valence-electron chi connectivity index (χ1n) is 7.19. The molecule has 0 bridgehead atoms. The van der Waals surface area contributed by atoms with Crippen LogP contribution in [0.3, 0.4) is 0 Å². The van der Waals surface area contributed by atoms with E-state index in [4.69, 9.17) is 0 Å². The first-order valence-corrected chi connectivity index (χ1v) is 8.63. The number of aliphatic carboxylic acids is 1. The maximum atomic E-state index is 12.5. The van der Waals surface area contributed by atoms with E-state index in [0.717, 1.165) is 15.3 Å². The van der Waals surface area contributed by atoms with E-state index in [2.05, 4.69) is 0 Å². The van der Waals surface area contributed by atoms with Gasteiger partial charge in [-0.3, -0.25) is 9.59 Å². The molecule has 8 nitrogen and oxygen atoms in total. The molecule has 1 N–H and O–H groups in total. The number of carbonyl (C=O) groups is 3. The normalized spacial score (nSPS) is 16.0. The lowest BCUT2D eigenvalue weighted by Crippen LogP contribution is -2.50. The average Bonchev–Trinajstić information content (AvgIpc) is 2.71. The predicted molar refractivity (Wildman–Crippen MR) is 84.1 cm³/mol. The van der Waals surface area contributed by atoms with E-state index in [-0.39, 0.29) is 22.6 Å². The number of hydrogen-bond donors (Lipinski definition) is 1. The van der Waals surface area contributed by atoms with Crippen LogP contribution in [0.4, 0.5) is 0 Å². The lowest BCUT2D eigenvalue weighted by molar-refractivity contribution is -0.147. The highest BCUT2D eigenvalue weighted by atomic mass is 32.2. The first-order chi connectivity index (χ1) is 11.0. The largest absolute Gasteiger partial charge is 0.480 e. The fourth-order valence-electron chi connectivity index (χ4n) is 2.31. The van der Waals surface area contributed by atoms with E-state index < -0.39 is 33.3 Å². The van der Waals surface area contributed by atoms with Crippen LogP contribution in [0.1, 0.15) is 41.5 Å². The summed E-state index contributed by atoms with van der Waals surface area (Å²) < 4.78 is 25.5. The van der Waals surface area contributed by atoms with Crippen LogP contribution >= 0.6 is 0 Å². The zero-order valence-corrected chi connectivity index (χ0v) is 14.5. The third-order valence-corrected chi connectivity index (χ3v) is 6.11. The molecule has 2 amide bonds. The van der Waals surface area contributed by atoms with Crippen molar-refractivity contribution in [1.82, 2.24) is 9.21 Å². The molecule has 0 unspecified atom stereocenters. The van der Waals surface area contributed by atoms with Gasteiger partial charge in [-0.25, -0.2) is 17.5 Å². The number of nitrogens with zero attached hydrogens (tertiary/aromatic N) is 2. The highest BCUT2D eigenvalue weighted by Gasteiger charge is 2.41. The van der Waals surface area contributed by atoms with Crippen molar-refractivity contribution in [1.29, 1.82) is 0 Å². The minimum atomic E-state index is -3.98. The minimum absolute atomic E-state index is 0.0000898. The standard InChI is InChI=1S/C15H18N2O6S/c1-5-17-13(19)10-7-6-9(8-11(10)24(17,22)23)12(18)16(4)15(2,3)14(20)21/h6-8H,5H2,1-4H3,(H,20,21). The molecule has 1 aliphatic heterocycles. The van der Waals surface area contributed by atoms with Gasteiger partial charge in [-0.2, -0.15) is 0 Å². The van der Waals surface area contributed by atoms with E-state index in [1.807, 2.05) is 0 Å². The summed E-state index contributed by atoms with van der Waals surface area (Å²) in [5.74, 6) is -2.48. The van der Waals surface area contributed by atoms with Crippen molar-refractivity contribution in [2.75, 3.05) is 13.6 Å². The van der Waals surface area contributed by atoms with Crippen LogP contribution in [0.5, 0.6) is 0 Å². The van der Waals surface area contributed by atoms with Gasteiger partial charge in [0, 0.05) is 19.2 Å². The average molecular weight is 354 g/mol. The number of fused-ring (bicyclic) bond motifs is 1. The van der Waals surface area contributed by atoms with E-state index in [0.29, 0.717) is 0 Å². The molecule has 0 spiro atoms. The Balaban J connectivity index is 2.50. The molecule has 9 heteroatoms. The number of sulfonamides is 1. The molecular formula is C15H18N2O6S. The number of carbonyl (C=O) groups excluding carboxylic acids is 2. The summed E-state index contributed by atoms with van der Waals surface area (Å²) in [4.78, 5) is 36.6. The molecule has 1 heterocycles. The van der Waals surface area contributed by atoms with E-state index in [9.17, 15) is 27.9 Å². The summed E-state index contributed by atoms with van der Waals surface area (Å²) in [5, 5.41) is 9.21. The van der Waals surface area contributed by atoms with Crippen LogP contribution in [0.15, 0.2) is 23.1 Å². The van der Waals surface area contributed by atoms with Crippen molar-refractivity contribution in [2.24, 2.45) is 0 Å². The lowest BCUT2D eigenvalue weighted by atomic mass is 10.0. The number of benzene rings is 1. The molecule has 1 aromatic carbocycles. The van der Waals surface area contributed by atoms with Gasteiger partial charge in [-0.15, -0.1) is 0 Å². The zero-order valence-electron chi connectivity index (χ0n) is 13.7. The molecule has 130 valence electrons. The second kappa shape index (κ2) is 5.59. The fourth-order valence-corrected chi connectivity index (χ4v) is 3.92. The third kappa shape index (κ3) is 2.44. The van der Waals surface area contributed by atoms with Crippen molar-refractivity contribution in [3.8, 4) is 0 Å². The van der Waals surface area contributed by atoms with E-state index in [1.165, 1.54) is 40.0 Å². The molecule has 24 heavy (non-hydrogen) atoms. The summed E-state index contributed by atoms with van der Waals surface area (Å²) in [6.45, 7) is 4.25. The maximum Gasteiger partial charge on any atom is 0.329 e. The Morgan fingerprint density at radius 1 is 1.29 bits per heavy atom. The van der Waals surface area contributed by atoms with Crippen LogP contribution in [-0.2, 0) is 14.8 Å². The van der Waals surface area contributed by atoms with Gasteiger partial charge in [-0.1, -0.05) is 0 Å². The Bertz CT molecular complexity index is 844. The van der Waals surface area contributed by atoms with Gasteiger partial charge in [0.1, 0.15) is 10.4 Å². The van der Waals surface area contributed by atoms with Gasteiger partial charge in [0.15, 0.2) is 0 Å². The van der Waals surface area contributed by atoms with Crippen molar-refractivity contribution >= 4 is 27.8 Å². The number of rotatable bonds is 4. The van der Waals surface area contributed by atoms with Gasteiger partial charge in [0.05, 0.1) is 5.56 Å². The van der Waals surface area contributed by atoms with Crippen LogP contribution < -0.4 is 0 Å². The zero-order chi connectivity index (χ0) is 18.4. The summed E-state index contributed by atoms with van der Waals surface area (Å²) in [6, 6.07) is 3.72. The van der Waals surface area contributed by atoms with E-state index in [1.54, 1.807) is 0 Å². The molecule has 0 saturated heterocycles. The Morgan fingerprint density at radius 2 is 1.88 bits per heavy atom. The Labute approximate surface area is 139 Å². The maximum absolute atomic E-state index is 12.5. The molecule has 0 atom stereocenters. The van der Waals surface area contributed by atoms with Gasteiger partial charge in [0.25, 0.3) is 21.8 Å². The SMILES string of the molecule is CCN1C(=O)c2ccc(C(=O)N(C)C(C)(C)C(=O)O)cc2S1(=O)=O.